The molecular weight excluding hydrogens is 326 g/mol. The van der Waals surface area contributed by atoms with Crippen molar-refractivity contribution in [3.05, 3.63) is 63.6 Å². The van der Waals surface area contributed by atoms with Crippen molar-refractivity contribution in [3.8, 4) is 0 Å². The zero-order valence-corrected chi connectivity index (χ0v) is 12.8. The van der Waals surface area contributed by atoms with Crippen molar-refractivity contribution in [1.82, 2.24) is 0 Å². The van der Waals surface area contributed by atoms with Crippen molar-refractivity contribution in [3.63, 3.8) is 0 Å². The lowest BCUT2D eigenvalue weighted by Crippen LogP contribution is -2.13. The molecule has 0 aromatic heterocycles. The van der Waals surface area contributed by atoms with Gasteiger partial charge in [0.2, 0.25) is 0 Å². The van der Waals surface area contributed by atoms with Crippen LogP contribution in [0.2, 0.25) is 0 Å². The van der Waals surface area contributed by atoms with Crippen LogP contribution in [0.15, 0.2) is 46.9 Å². The quantitative estimate of drug-likeness (QED) is 0.804. The van der Waals surface area contributed by atoms with Gasteiger partial charge in [0, 0.05) is 21.6 Å². The van der Waals surface area contributed by atoms with Gasteiger partial charge in [-0.1, -0.05) is 34.1 Å². The Hall–Kier alpha value is -1.32. The number of rotatable bonds is 3. The van der Waals surface area contributed by atoms with Gasteiger partial charge in [0.15, 0.2) is 0 Å². The van der Waals surface area contributed by atoms with Gasteiger partial charge in [0.1, 0.15) is 0 Å². The van der Waals surface area contributed by atoms with Gasteiger partial charge < -0.3 is 5.32 Å². The molecule has 0 aliphatic heterocycles. The minimum Gasteiger partial charge on any atom is -0.322 e. The van der Waals surface area contributed by atoms with Crippen molar-refractivity contribution < 1.29 is 4.79 Å². The Morgan fingerprint density at radius 2 is 1.89 bits per heavy atom. The Labute approximate surface area is 125 Å². The second kappa shape index (κ2) is 6.22. The summed E-state index contributed by atoms with van der Waals surface area (Å²) in [7, 11) is 0. The van der Waals surface area contributed by atoms with Crippen LogP contribution >= 0.6 is 27.5 Å². The molecule has 2 nitrogen and oxygen atoms in total. The molecule has 1 N–H and O–H groups in total. The molecule has 19 heavy (non-hydrogen) atoms. The summed E-state index contributed by atoms with van der Waals surface area (Å²) >= 11 is 9.10. The van der Waals surface area contributed by atoms with Gasteiger partial charge in [-0.05, 0) is 42.3 Å². The fourth-order valence-electron chi connectivity index (χ4n) is 1.71. The standard InChI is InChI=1S/C15H13BrClNO/c1-10-2-5-12(16)8-14(10)15(19)18-13-6-3-11(9-17)4-7-13/h2-8H,9H2,1H3,(H,18,19). The van der Waals surface area contributed by atoms with Crippen LogP contribution in [0.1, 0.15) is 21.5 Å². The van der Waals surface area contributed by atoms with Crippen LogP contribution in [0.3, 0.4) is 0 Å². The largest absolute Gasteiger partial charge is 0.322 e. The lowest BCUT2D eigenvalue weighted by molar-refractivity contribution is 0.102. The van der Waals surface area contributed by atoms with Gasteiger partial charge in [0.25, 0.3) is 5.91 Å². The maximum absolute atomic E-state index is 12.2. The summed E-state index contributed by atoms with van der Waals surface area (Å²) in [6.45, 7) is 1.91. The van der Waals surface area contributed by atoms with Crippen molar-refractivity contribution >= 4 is 39.1 Å². The first-order valence-electron chi connectivity index (χ1n) is 5.82. The number of hydrogen-bond acceptors (Lipinski definition) is 1. The second-order valence-electron chi connectivity index (χ2n) is 4.24. The van der Waals surface area contributed by atoms with Crippen LogP contribution in [0, 0.1) is 6.92 Å². The van der Waals surface area contributed by atoms with Gasteiger partial charge in [-0.2, -0.15) is 0 Å². The summed E-state index contributed by atoms with van der Waals surface area (Å²) < 4.78 is 0.890. The van der Waals surface area contributed by atoms with Crippen molar-refractivity contribution in [1.29, 1.82) is 0 Å². The van der Waals surface area contributed by atoms with Crippen LogP contribution in [0.4, 0.5) is 5.69 Å². The van der Waals surface area contributed by atoms with Gasteiger partial charge in [-0.3, -0.25) is 4.79 Å². The molecule has 1 amide bonds. The van der Waals surface area contributed by atoms with E-state index < -0.39 is 0 Å². The van der Waals surface area contributed by atoms with E-state index in [2.05, 4.69) is 21.2 Å². The molecule has 98 valence electrons. The molecular formula is C15H13BrClNO. The third kappa shape index (κ3) is 3.58. The molecule has 0 aliphatic rings. The smallest absolute Gasteiger partial charge is 0.255 e. The summed E-state index contributed by atoms with van der Waals surface area (Å²) in [5, 5.41) is 2.87. The van der Waals surface area contributed by atoms with E-state index in [1.165, 1.54) is 0 Å². The zero-order valence-electron chi connectivity index (χ0n) is 10.4. The summed E-state index contributed by atoms with van der Waals surface area (Å²) in [4.78, 5) is 12.2. The van der Waals surface area contributed by atoms with E-state index in [0.717, 1.165) is 21.3 Å². The first-order valence-corrected chi connectivity index (χ1v) is 7.15. The normalized spacial score (nSPS) is 10.3. The molecule has 0 atom stereocenters. The Morgan fingerprint density at radius 1 is 1.21 bits per heavy atom. The van der Waals surface area contributed by atoms with Crippen LogP contribution in [-0.2, 0) is 5.88 Å². The maximum atomic E-state index is 12.2. The summed E-state index contributed by atoms with van der Waals surface area (Å²) in [6.07, 6.45) is 0. The van der Waals surface area contributed by atoms with Gasteiger partial charge in [-0.15, -0.1) is 11.6 Å². The summed E-state index contributed by atoms with van der Waals surface area (Å²) in [5.74, 6) is 0.358. The number of benzene rings is 2. The van der Waals surface area contributed by atoms with E-state index in [4.69, 9.17) is 11.6 Å². The number of aryl methyl sites for hydroxylation is 1. The summed E-state index contributed by atoms with van der Waals surface area (Å²) in [6, 6.07) is 13.1. The van der Waals surface area contributed by atoms with Gasteiger partial charge >= 0.3 is 0 Å². The Balaban J connectivity index is 2.18. The van der Waals surface area contributed by atoms with E-state index in [1.54, 1.807) is 0 Å². The van der Waals surface area contributed by atoms with Gasteiger partial charge in [-0.25, -0.2) is 0 Å². The fourth-order valence-corrected chi connectivity index (χ4v) is 2.25. The highest BCUT2D eigenvalue weighted by atomic mass is 79.9. The van der Waals surface area contributed by atoms with Crippen molar-refractivity contribution in [2.45, 2.75) is 12.8 Å². The SMILES string of the molecule is Cc1ccc(Br)cc1C(=O)Nc1ccc(CCl)cc1. The number of halogens is 2. The Bertz CT molecular complexity index is 596. The lowest BCUT2D eigenvalue weighted by atomic mass is 10.1. The number of nitrogens with one attached hydrogen (secondary N) is 1. The molecule has 0 heterocycles. The number of carbonyl (C=O) groups excluding carboxylic acids is 1. The summed E-state index contributed by atoms with van der Waals surface area (Å²) in [5.41, 5.74) is 3.39. The minimum absolute atomic E-state index is 0.113. The van der Waals surface area contributed by atoms with Crippen LogP contribution in [-0.4, -0.2) is 5.91 Å². The predicted octanol–water partition coefficient (Wildman–Crippen LogP) is 4.75. The lowest BCUT2D eigenvalue weighted by Gasteiger charge is -2.08. The highest BCUT2D eigenvalue weighted by Gasteiger charge is 2.09. The second-order valence-corrected chi connectivity index (χ2v) is 5.43. The molecule has 0 unspecified atom stereocenters. The molecule has 0 bridgehead atoms. The van der Waals surface area contributed by atoms with Crippen LogP contribution in [0.5, 0.6) is 0 Å². The third-order valence-electron chi connectivity index (χ3n) is 2.81. The molecule has 2 aromatic carbocycles. The molecule has 0 radical (unpaired) electrons. The highest BCUT2D eigenvalue weighted by molar-refractivity contribution is 9.10. The molecule has 0 aliphatic carbocycles. The molecule has 0 saturated carbocycles. The van der Waals surface area contributed by atoms with Crippen LogP contribution in [0.25, 0.3) is 0 Å². The molecule has 0 saturated heterocycles. The molecule has 0 spiro atoms. The predicted molar refractivity (Wildman–Crippen MR) is 82.8 cm³/mol. The number of amides is 1. The van der Waals surface area contributed by atoms with Crippen molar-refractivity contribution in [2.75, 3.05) is 5.32 Å². The average molecular weight is 339 g/mol. The third-order valence-corrected chi connectivity index (χ3v) is 3.61. The average Bonchev–Trinajstić information content (AvgIpc) is 2.42. The Kier molecular flexibility index (Phi) is 4.61. The Morgan fingerprint density at radius 3 is 2.53 bits per heavy atom. The highest BCUT2D eigenvalue weighted by Crippen LogP contribution is 2.18. The van der Waals surface area contributed by atoms with Crippen molar-refractivity contribution in [2.24, 2.45) is 0 Å². The van der Waals surface area contributed by atoms with E-state index in [0.29, 0.717) is 11.4 Å². The van der Waals surface area contributed by atoms with E-state index in [-0.39, 0.29) is 5.91 Å². The fraction of sp³-hybridized carbons (Fsp3) is 0.133. The number of hydrogen-bond donors (Lipinski definition) is 1. The number of alkyl halides is 1. The monoisotopic (exact) mass is 337 g/mol. The molecule has 2 rings (SSSR count). The number of anilines is 1. The first-order chi connectivity index (χ1) is 9.10. The molecule has 4 heteroatoms. The van der Waals surface area contributed by atoms with E-state index in [9.17, 15) is 4.79 Å². The number of carbonyl (C=O) groups is 1. The zero-order chi connectivity index (χ0) is 13.8. The molecule has 0 fully saturated rings. The van der Waals surface area contributed by atoms with Crippen LogP contribution < -0.4 is 5.32 Å². The topological polar surface area (TPSA) is 29.1 Å². The maximum Gasteiger partial charge on any atom is 0.255 e. The van der Waals surface area contributed by atoms with E-state index in [1.807, 2.05) is 49.4 Å². The van der Waals surface area contributed by atoms with E-state index >= 15 is 0 Å². The minimum atomic E-state index is -0.113. The molecule has 2 aromatic rings. The van der Waals surface area contributed by atoms with Gasteiger partial charge in [0.05, 0.1) is 0 Å². The first kappa shape index (κ1) is 14.1.